The Morgan fingerprint density at radius 1 is 1.47 bits per heavy atom. The number of aromatic amines is 1. The largest absolute Gasteiger partial charge is 0.507 e. The number of hydrogen-bond acceptors (Lipinski definition) is 2. The fourth-order valence-corrected chi connectivity index (χ4v) is 1.98. The Bertz CT molecular complexity index is 533. The lowest BCUT2D eigenvalue weighted by Crippen LogP contribution is -1.98. The van der Waals surface area contributed by atoms with E-state index in [-0.39, 0.29) is 12.2 Å². The average Bonchev–Trinajstić information content (AvgIpc) is 2.55. The van der Waals surface area contributed by atoms with E-state index in [0.29, 0.717) is 15.6 Å². The topological polar surface area (TPSA) is 73.3 Å². The van der Waals surface area contributed by atoms with Crippen LogP contribution in [0.5, 0.6) is 5.75 Å². The summed E-state index contributed by atoms with van der Waals surface area (Å²) in [5.41, 5.74) is 1.42. The highest BCUT2D eigenvalue weighted by Gasteiger charge is 2.11. The minimum absolute atomic E-state index is 0.0305. The number of aliphatic carboxylic acids is 1. The SMILES string of the molecule is O=C(O)Cc1c[nH]c2c(Br)c(O)ccc12. The highest BCUT2D eigenvalue weighted by atomic mass is 79.9. The number of phenols is 1. The Hall–Kier alpha value is -1.49. The molecule has 0 radical (unpaired) electrons. The van der Waals surface area contributed by atoms with Gasteiger partial charge in [-0.15, -0.1) is 0 Å². The molecule has 2 aromatic rings. The third kappa shape index (κ3) is 1.70. The van der Waals surface area contributed by atoms with E-state index in [1.807, 2.05) is 0 Å². The first-order valence-corrected chi connectivity index (χ1v) is 5.08. The summed E-state index contributed by atoms with van der Waals surface area (Å²) >= 11 is 3.23. The molecule has 15 heavy (non-hydrogen) atoms. The van der Waals surface area contributed by atoms with Crippen LogP contribution < -0.4 is 0 Å². The first-order valence-electron chi connectivity index (χ1n) is 4.29. The number of aromatic nitrogens is 1. The van der Waals surface area contributed by atoms with Gasteiger partial charge in [0.05, 0.1) is 16.4 Å². The number of carboxylic acid groups (broad SMARTS) is 1. The van der Waals surface area contributed by atoms with Gasteiger partial charge in [0.1, 0.15) is 5.75 Å². The van der Waals surface area contributed by atoms with Gasteiger partial charge >= 0.3 is 5.97 Å². The summed E-state index contributed by atoms with van der Waals surface area (Å²) in [5.74, 6) is -0.744. The smallest absolute Gasteiger partial charge is 0.307 e. The molecule has 1 heterocycles. The molecule has 0 aliphatic rings. The second-order valence-corrected chi connectivity index (χ2v) is 4.00. The molecule has 1 aromatic heterocycles. The van der Waals surface area contributed by atoms with Gasteiger partial charge in [0.15, 0.2) is 0 Å². The molecule has 0 saturated carbocycles. The number of hydrogen-bond donors (Lipinski definition) is 3. The molecule has 0 aliphatic carbocycles. The summed E-state index contributed by atoms with van der Waals surface area (Å²) in [7, 11) is 0. The van der Waals surface area contributed by atoms with Gasteiger partial charge in [0, 0.05) is 11.6 Å². The van der Waals surface area contributed by atoms with E-state index in [2.05, 4.69) is 20.9 Å². The van der Waals surface area contributed by atoms with E-state index in [4.69, 9.17) is 5.11 Å². The molecular weight excluding hydrogens is 262 g/mol. The number of carbonyl (C=O) groups is 1. The van der Waals surface area contributed by atoms with E-state index in [1.165, 1.54) is 6.07 Å². The lowest BCUT2D eigenvalue weighted by molar-refractivity contribution is -0.136. The van der Waals surface area contributed by atoms with Crippen LogP contribution in [0.15, 0.2) is 22.8 Å². The number of halogens is 1. The molecular formula is C10H8BrNO3. The third-order valence-corrected chi connectivity index (χ3v) is 3.00. The van der Waals surface area contributed by atoms with E-state index in [1.54, 1.807) is 12.3 Å². The molecule has 4 nitrogen and oxygen atoms in total. The average molecular weight is 270 g/mol. The molecule has 0 atom stereocenters. The maximum absolute atomic E-state index is 10.6. The molecule has 5 heteroatoms. The Morgan fingerprint density at radius 2 is 2.20 bits per heavy atom. The summed E-state index contributed by atoms with van der Waals surface area (Å²) in [4.78, 5) is 13.5. The standard InChI is InChI=1S/C10H8BrNO3/c11-9-7(13)2-1-6-5(3-8(14)15)4-12-10(6)9/h1-2,4,12-13H,3H2,(H,14,15). The normalized spacial score (nSPS) is 10.7. The minimum Gasteiger partial charge on any atom is -0.507 e. The zero-order chi connectivity index (χ0) is 11.0. The van der Waals surface area contributed by atoms with Crippen LogP contribution in [0.25, 0.3) is 10.9 Å². The predicted octanol–water partition coefficient (Wildman–Crippen LogP) is 2.26. The predicted molar refractivity (Wildman–Crippen MR) is 59.0 cm³/mol. The van der Waals surface area contributed by atoms with Gasteiger partial charge in [-0.1, -0.05) is 0 Å². The van der Waals surface area contributed by atoms with E-state index in [9.17, 15) is 9.90 Å². The van der Waals surface area contributed by atoms with Crippen molar-refractivity contribution in [2.45, 2.75) is 6.42 Å². The number of nitrogens with one attached hydrogen (secondary N) is 1. The number of H-pyrrole nitrogens is 1. The highest BCUT2D eigenvalue weighted by Crippen LogP contribution is 2.33. The van der Waals surface area contributed by atoms with Crippen LogP contribution in [0.3, 0.4) is 0 Å². The monoisotopic (exact) mass is 269 g/mol. The Morgan fingerprint density at radius 3 is 2.87 bits per heavy atom. The van der Waals surface area contributed by atoms with E-state index in [0.717, 1.165) is 5.39 Å². The molecule has 0 aliphatic heterocycles. The van der Waals surface area contributed by atoms with Crippen LogP contribution >= 0.6 is 15.9 Å². The molecule has 3 N–H and O–H groups in total. The number of fused-ring (bicyclic) bond motifs is 1. The fourth-order valence-electron chi connectivity index (χ4n) is 1.52. The molecule has 2 rings (SSSR count). The van der Waals surface area contributed by atoms with Gasteiger partial charge in [0.2, 0.25) is 0 Å². The van der Waals surface area contributed by atoms with Gasteiger partial charge in [-0.3, -0.25) is 4.79 Å². The van der Waals surface area contributed by atoms with Crippen molar-refractivity contribution >= 4 is 32.8 Å². The van der Waals surface area contributed by atoms with Crippen LogP contribution in [0.2, 0.25) is 0 Å². The zero-order valence-electron chi connectivity index (χ0n) is 7.62. The summed E-state index contributed by atoms with van der Waals surface area (Å²) in [6.45, 7) is 0. The van der Waals surface area contributed by atoms with Gasteiger partial charge in [-0.05, 0) is 33.6 Å². The quantitative estimate of drug-likeness (QED) is 0.783. The summed E-state index contributed by atoms with van der Waals surface area (Å²) in [6, 6.07) is 3.23. The molecule has 0 bridgehead atoms. The van der Waals surface area contributed by atoms with E-state index >= 15 is 0 Å². The van der Waals surface area contributed by atoms with Crippen molar-refractivity contribution in [2.24, 2.45) is 0 Å². The Kier molecular flexibility index (Phi) is 2.40. The van der Waals surface area contributed by atoms with Crippen molar-refractivity contribution in [3.8, 4) is 5.75 Å². The lowest BCUT2D eigenvalue weighted by atomic mass is 10.1. The van der Waals surface area contributed by atoms with Crippen LogP contribution in [-0.4, -0.2) is 21.2 Å². The van der Waals surface area contributed by atoms with Crippen molar-refractivity contribution in [3.63, 3.8) is 0 Å². The summed E-state index contributed by atoms with van der Waals surface area (Å²) < 4.78 is 0.552. The van der Waals surface area contributed by atoms with Gasteiger partial charge < -0.3 is 15.2 Å². The van der Waals surface area contributed by atoms with Crippen molar-refractivity contribution in [3.05, 3.63) is 28.4 Å². The molecule has 0 spiro atoms. The third-order valence-electron chi connectivity index (χ3n) is 2.20. The molecule has 0 amide bonds. The maximum atomic E-state index is 10.6. The number of benzene rings is 1. The van der Waals surface area contributed by atoms with Crippen molar-refractivity contribution in [1.29, 1.82) is 0 Å². The van der Waals surface area contributed by atoms with Crippen molar-refractivity contribution < 1.29 is 15.0 Å². The van der Waals surface area contributed by atoms with Crippen LogP contribution in [0.4, 0.5) is 0 Å². The van der Waals surface area contributed by atoms with Crippen molar-refractivity contribution in [1.82, 2.24) is 4.98 Å². The first-order chi connectivity index (χ1) is 7.09. The number of rotatable bonds is 2. The molecule has 0 fully saturated rings. The number of carboxylic acids is 1. The molecule has 1 aromatic carbocycles. The molecule has 78 valence electrons. The van der Waals surface area contributed by atoms with Gasteiger partial charge in [0.25, 0.3) is 0 Å². The number of phenolic OH excluding ortho intramolecular Hbond substituents is 1. The second-order valence-electron chi connectivity index (χ2n) is 3.21. The second kappa shape index (κ2) is 3.58. The van der Waals surface area contributed by atoms with Crippen LogP contribution in [0, 0.1) is 0 Å². The Balaban J connectivity index is 2.61. The summed E-state index contributed by atoms with van der Waals surface area (Å²) in [5, 5.41) is 18.9. The minimum atomic E-state index is -0.875. The highest BCUT2D eigenvalue weighted by molar-refractivity contribution is 9.10. The zero-order valence-corrected chi connectivity index (χ0v) is 9.21. The van der Waals surface area contributed by atoms with Gasteiger partial charge in [-0.25, -0.2) is 0 Å². The lowest BCUT2D eigenvalue weighted by Gasteiger charge is -1.99. The van der Waals surface area contributed by atoms with Crippen LogP contribution in [0.1, 0.15) is 5.56 Å². The van der Waals surface area contributed by atoms with Gasteiger partial charge in [-0.2, -0.15) is 0 Å². The molecule has 0 saturated heterocycles. The fraction of sp³-hybridized carbons (Fsp3) is 0.100. The number of aromatic hydroxyl groups is 1. The Labute approximate surface area is 93.7 Å². The maximum Gasteiger partial charge on any atom is 0.307 e. The first kappa shape index (κ1) is 10.0. The van der Waals surface area contributed by atoms with E-state index < -0.39 is 5.97 Å². The van der Waals surface area contributed by atoms with Crippen LogP contribution in [-0.2, 0) is 11.2 Å². The molecule has 0 unspecified atom stereocenters. The summed E-state index contributed by atoms with van der Waals surface area (Å²) in [6.07, 6.45) is 1.61. The van der Waals surface area contributed by atoms with Crippen molar-refractivity contribution in [2.75, 3.05) is 0 Å².